The number of rotatable bonds is 10. The van der Waals surface area contributed by atoms with Crippen LogP contribution in [0.2, 0.25) is 0 Å². The van der Waals surface area contributed by atoms with Gasteiger partial charge in [-0.05, 0) is 49.8 Å². The average Bonchev–Trinajstić information content (AvgIpc) is 2.49. The number of anilines is 1. The second-order valence-electron chi connectivity index (χ2n) is 4.95. The fraction of sp³-hybridized carbons (Fsp3) is 0.316. The number of carbonyl (C=O) groups is 1. The first kappa shape index (κ1) is 17.0. The Morgan fingerprint density at radius 1 is 1.05 bits per heavy atom. The molecule has 0 heterocycles. The number of hydrogen-bond acceptors (Lipinski definition) is 1. The van der Waals surface area contributed by atoms with E-state index in [1.807, 2.05) is 24.3 Å². The van der Waals surface area contributed by atoms with Gasteiger partial charge in [-0.25, -0.2) is 0 Å². The lowest BCUT2D eigenvalue weighted by Crippen LogP contribution is -2.10. The van der Waals surface area contributed by atoms with E-state index in [4.69, 9.17) is 0 Å². The first-order valence-electron chi connectivity index (χ1n) is 7.52. The number of allylic oxidation sites excluding steroid dienone is 4. The van der Waals surface area contributed by atoms with Gasteiger partial charge in [0.15, 0.2) is 0 Å². The molecular formula is C19H25NO. The minimum atomic E-state index is 0.0383. The highest BCUT2D eigenvalue weighted by Gasteiger charge is 2.01. The fourth-order valence-electron chi connectivity index (χ4n) is 1.96. The first-order chi connectivity index (χ1) is 10.3. The van der Waals surface area contributed by atoms with Crippen LogP contribution in [0.4, 0.5) is 5.69 Å². The van der Waals surface area contributed by atoms with Gasteiger partial charge in [0.25, 0.3) is 0 Å². The van der Waals surface area contributed by atoms with Crippen molar-refractivity contribution in [1.29, 1.82) is 0 Å². The summed E-state index contributed by atoms with van der Waals surface area (Å²) in [4.78, 5) is 11.7. The van der Waals surface area contributed by atoms with Crippen LogP contribution < -0.4 is 5.32 Å². The molecule has 1 N–H and O–H groups in total. The van der Waals surface area contributed by atoms with E-state index in [9.17, 15) is 4.79 Å². The predicted octanol–water partition coefficient (Wildman–Crippen LogP) is 5.05. The summed E-state index contributed by atoms with van der Waals surface area (Å²) in [5.74, 6) is 0.0383. The van der Waals surface area contributed by atoms with Crippen LogP contribution in [-0.2, 0) is 11.2 Å². The number of carbonyl (C=O) groups excluding carboxylic acids is 1. The molecule has 0 saturated carbocycles. The Morgan fingerprint density at radius 2 is 1.81 bits per heavy atom. The molecule has 0 fully saturated rings. The minimum absolute atomic E-state index is 0.0383. The van der Waals surface area contributed by atoms with Crippen molar-refractivity contribution in [3.63, 3.8) is 0 Å². The molecule has 1 aromatic carbocycles. The molecule has 0 spiro atoms. The van der Waals surface area contributed by atoms with Crippen molar-refractivity contribution in [1.82, 2.24) is 0 Å². The van der Waals surface area contributed by atoms with Gasteiger partial charge in [-0.2, -0.15) is 0 Å². The standard InChI is InChI=1S/C19H25NO/c1-3-5-7-8-9-10-12-17-13-11-14-18(16-17)20-19(21)15-6-4-2/h3-4,8-9,11,13-14,16H,1-2,5-7,10,12,15H2,(H,20,21)/b9-8-. The van der Waals surface area contributed by atoms with E-state index in [0.29, 0.717) is 12.8 Å². The van der Waals surface area contributed by atoms with Crippen LogP contribution in [0.3, 0.4) is 0 Å². The highest BCUT2D eigenvalue weighted by molar-refractivity contribution is 5.90. The van der Waals surface area contributed by atoms with Gasteiger partial charge in [0.2, 0.25) is 5.91 Å². The van der Waals surface area contributed by atoms with Crippen molar-refractivity contribution in [2.75, 3.05) is 5.32 Å². The lowest BCUT2D eigenvalue weighted by molar-refractivity contribution is -0.116. The zero-order valence-electron chi connectivity index (χ0n) is 12.7. The van der Waals surface area contributed by atoms with Gasteiger partial charge in [0.05, 0.1) is 0 Å². The van der Waals surface area contributed by atoms with Crippen LogP contribution in [0.15, 0.2) is 61.7 Å². The number of amides is 1. The van der Waals surface area contributed by atoms with Crippen molar-refractivity contribution in [2.24, 2.45) is 0 Å². The molecule has 0 unspecified atom stereocenters. The Hall–Kier alpha value is -2.09. The zero-order valence-corrected chi connectivity index (χ0v) is 12.7. The van der Waals surface area contributed by atoms with Crippen LogP contribution in [0, 0.1) is 0 Å². The highest BCUT2D eigenvalue weighted by Crippen LogP contribution is 2.13. The van der Waals surface area contributed by atoms with Crippen LogP contribution in [-0.4, -0.2) is 5.91 Å². The average molecular weight is 283 g/mol. The van der Waals surface area contributed by atoms with Crippen molar-refractivity contribution >= 4 is 11.6 Å². The number of hydrogen-bond donors (Lipinski definition) is 1. The maximum atomic E-state index is 11.7. The molecule has 0 atom stereocenters. The van der Waals surface area contributed by atoms with Crippen LogP contribution in [0.5, 0.6) is 0 Å². The van der Waals surface area contributed by atoms with Crippen molar-refractivity contribution in [3.8, 4) is 0 Å². The quantitative estimate of drug-likeness (QED) is 0.472. The minimum Gasteiger partial charge on any atom is -0.326 e. The fourth-order valence-corrected chi connectivity index (χ4v) is 1.96. The SMILES string of the molecule is C=CCC/C=C\CCc1cccc(NC(=O)CCC=C)c1. The number of unbranched alkanes of at least 4 members (excludes halogenated alkanes) is 1. The molecule has 1 aromatic rings. The van der Waals surface area contributed by atoms with Crippen LogP contribution in [0.25, 0.3) is 0 Å². The topological polar surface area (TPSA) is 29.1 Å². The molecule has 21 heavy (non-hydrogen) atoms. The maximum Gasteiger partial charge on any atom is 0.224 e. The lowest BCUT2D eigenvalue weighted by atomic mass is 10.1. The molecule has 2 heteroatoms. The van der Waals surface area contributed by atoms with Gasteiger partial charge >= 0.3 is 0 Å². The molecular weight excluding hydrogens is 258 g/mol. The molecule has 0 aliphatic carbocycles. The van der Waals surface area contributed by atoms with Crippen molar-refractivity contribution in [3.05, 3.63) is 67.3 Å². The highest BCUT2D eigenvalue weighted by atomic mass is 16.1. The third kappa shape index (κ3) is 7.93. The van der Waals surface area contributed by atoms with E-state index in [1.54, 1.807) is 6.08 Å². The van der Waals surface area contributed by atoms with E-state index in [-0.39, 0.29) is 5.91 Å². The summed E-state index contributed by atoms with van der Waals surface area (Å²) in [5, 5.41) is 2.92. The normalized spacial score (nSPS) is 10.5. The molecule has 0 aromatic heterocycles. The Bertz CT molecular complexity index is 488. The second kappa shape index (κ2) is 10.7. The van der Waals surface area contributed by atoms with Crippen molar-refractivity contribution < 1.29 is 4.79 Å². The molecule has 0 aliphatic rings. The Labute approximate surface area is 128 Å². The summed E-state index contributed by atoms with van der Waals surface area (Å²) in [6.07, 6.45) is 13.4. The summed E-state index contributed by atoms with van der Waals surface area (Å²) >= 11 is 0. The maximum absolute atomic E-state index is 11.7. The van der Waals surface area contributed by atoms with Gasteiger partial charge in [-0.3, -0.25) is 4.79 Å². The summed E-state index contributed by atoms with van der Waals surface area (Å²) in [5.41, 5.74) is 2.11. The van der Waals surface area contributed by atoms with Gasteiger partial charge in [-0.15, -0.1) is 13.2 Å². The van der Waals surface area contributed by atoms with E-state index in [2.05, 4.69) is 36.7 Å². The number of nitrogens with one attached hydrogen (secondary N) is 1. The summed E-state index contributed by atoms with van der Waals surface area (Å²) in [6.45, 7) is 7.33. The first-order valence-corrected chi connectivity index (χ1v) is 7.52. The van der Waals surface area contributed by atoms with Gasteiger partial charge in [-0.1, -0.05) is 36.4 Å². The monoisotopic (exact) mass is 283 g/mol. The van der Waals surface area contributed by atoms with E-state index < -0.39 is 0 Å². The largest absolute Gasteiger partial charge is 0.326 e. The van der Waals surface area contributed by atoms with Crippen LogP contribution in [0.1, 0.15) is 37.7 Å². The molecule has 1 rings (SSSR count). The zero-order chi connectivity index (χ0) is 15.3. The van der Waals surface area contributed by atoms with Gasteiger partial charge in [0, 0.05) is 12.1 Å². The number of benzene rings is 1. The summed E-state index contributed by atoms with van der Waals surface area (Å²) < 4.78 is 0. The molecule has 0 saturated heterocycles. The third-order valence-corrected chi connectivity index (χ3v) is 3.09. The van der Waals surface area contributed by atoms with Gasteiger partial charge in [0.1, 0.15) is 0 Å². The Morgan fingerprint density at radius 3 is 2.57 bits per heavy atom. The van der Waals surface area contributed by atoms with E-state index in [1.165, 1.54) is 5.56 Å². The Kier molecular flexibility index (Phi) is 8.62. The van der Waals surface area contributed by atoms with E-state index >= 15 is 0 Å². The third-order valence-electron chi connectivity index (χ3n) is 3.09. The molecule has 1 amide bonds. The lowest BCUT2D eigenvalue weighted by Gasteiger charge is -2.06. The smallest absolute Gasteiger partial charge is 0.224 e. The molecule has 112 valence electrons. The molecule has 0 radical (unpaired) electrons. The molecule has 2 nitrogen and oxygen atoms in total. The number of aryl methyl sites for hydroxylation is 1. The van der Waals surface area contributed by atoms with Crippen molar-refractivity contribution in [2.45, 2.75) is 38.5 Å². The molecule has 0 aliphatic heterocycles. The summed E-state index contributed by atoms with van der Waals surface area (Å²) in [6, 6.07) is 8.05. The summed E-state index contributed by atoms with van der Waals surface area (Å²) in [7, 11) is 0. The predicted molar refractivity (Wildman–Crippen MR) is 91.4 cm³/mol. The van der Waals surface area contributed by atoms with Gasteiger partial charge < -0.3 is 5.32 Å². The molecule has 0 bridgehead atoms. The Balaban J connectivity index is 2.41. The van der Waals surface area contributed by atoms with E-state index in [0.717, 1.165) is 31.4 Å². The second-order valence-corrected chi connectivity index (χ2v) is 4.95. The van der Waals surface area contributed by atoms with Crippen LogP contribution >= 0.6 is 0 Å².